The molecule has 20 heavy (non-hydrogen) atoms. The highest BCUT2D eigenvalue weighted by atomic mass is 19.4. The van der Waals surface area contributed by atoms with Crippen molar-refractivity contribution in [1.82, 2.24) is 10.3 Å². The molecule has 0 bridgehead atoms. The Balaban J connectivity index is 2.58. The molecule has 0 aromatic carbocycles. The van der Waals surface area contributed by atoms with Crippen LogP contribution in [0.4, 0.5) is 13.2 Å². The highest BCUT2D eigenvalue weighted by Crippen LogP contribution is 2.31. The van der Waals surface area contributed by atoms with E-state index in [1.165, 1.54) is 13.3 Å². The van der Waals surface area contributed by atoms with Gasteiger partial charge in [-0.2, -0.15) is 13.2 Å². The van der Waals surface area contributed by atoms with Crippen molar-refractivity contribution in [3.05, 3.63) is 29.6 Å². The van der Waals surface area contributed by atoms with Crippen molar-refractivity contribution < 1.29 is 22.8 Å². The van der Waals surface area contributed by atoms with Crippen LogP contribution in [0.1, 0.15) is 28.8 Å². The predicted molar refractivity (Wildman–Crippen MR) is 66.3 cm³/mol. The standard InChI is InChI=1S/C12H14F3N3O2/c1-20-18-6-3-2-5-17-11(19)9-8-16-7-4-10(9)12(13,14)15/h4,6-8H,2-3,5H2,1H3,(H,17,19). The van der Waals surface area contributed by atoms with Crippen molar-refractivity contribution >= 4 is 12.1 Å². The predicted octanol–water partition coefficient (Wildman–Crippen LogP) is 2.24. The van der Waals surface area contributed by atoms with Gasteiger partial charge in [-0.25, -0.2) is 0 Å². The number of pyridine rings is 1. The van der Waals surface area contributed by atoms with Crippen molar-refractivity contribution in [2.24, 2.45) is 5.16 Å². The molecule has 1 aromatic rings. The summed E-state index contributed by atoms with van der Waals surface area (Å²) in [4.78, 5) is 19.7. The van der Waals surface area contributed by atoms with Crippen molar-refractivity contribution in [2.75, 3.05) is 13.7 Å². The van der Waals surface area contributed by atoms with Gasteiger partial charge < -0.3 is 10.2 Å². The molecule has 0 atom stereocenters. The normalized spacial score (nSPS) is 11.6. The molecule has 1 amide bonds. The Labute approximate surface area is 113 Å². The lowest BCUT2D eigenvalue weighted by Gasteiger charge is -2.11. The Morgan fingerprint density at radius 3 is 2.95 bits per heavy atom. The number of unbranched alkanes of at least 4 members (excludes halogenated alkanes) is 1. The van der Waals surface area contributed by atoms with Gasteiger partial charge in [-0.05, 0) is 18.9 Å². The lowest BCUT2D eigenvalue weighted by Crippen LogP contribution is -2.27. The van der Waals surface area contributed by atoms with E-state index in [1.807, 2.05) is 0 Å². The van der Waals surface area contributed by atoms with Gasteiger partial charge in [0, 0.05) is 25.2 Å². The van der Waals surface area contributed by atoms with Crippen LogP contribution >= 0.6 is 0 Å². The number of carbonyl (C=O) groups excluding carboxylic acids is 1. The largest absolute Gasteiger partial charge is 0.417 e. The summed E-state index contributed by atoms with van der Waals surface area (Å²) >= 11 is 0. The second kappa shape index (κ2) is 7.46. The number of amides is 1. The number of alkyl halides is 3. The molecule has 1 aromatic heterocycles. The zero-order valence-electron chi connectivity index (χ0n) is 10.8. The van der Waals surface area contributed by atoms with Gasteiger partial charge in [0.2, 0.25) is 0 Å². The van der Waals surface area contributed by atoms with Crippen LogP contribution in [0.5, 0.6) is 0 Å². The Kier molecular flexibility index (Phi) is 5.95. The fourth-order valence-corrected chi connectivity index (χ4v) is 1.44. The van der Waals surface area contributed by atoms with Gasteiger partial charge in [0.05, 0.1) is 11.1 Å². The summed E-state index contributed by atoms with van der Waals surface area (Å²) in [5.41, 5.74) is -1.48. The maximum Gasteiger partial charge on any atom is 0.417 e. The third kappa shape index (κ3) is 4.87. The summed E-state index contributed by atoms with van der Waals surface area (Å²) < 4.78 is 38.1. The van der Waals surface area contributed by atoms with E-state index >= 15 is 0 Å². The first-order valence-corrected chi connectivity index (χ1v) is 5.81. The van der Waals surface area contributed by atoms with E-state index in [9.17, 15) is 18.0 Å². The quantitative estimate of drug-likeness (QED) is 0.496. The van der Waals surface area contributed by atoms with E-state index in [2.05, 4.69) is 20.3 Å². The molecule has 0 unspecified atom stereocenters. The third-order valence-electron chi connectivity index (χ3n) is 2.35. The van der Waals surface area contributed by atoms with Crippen LogP contribution in [0.3, 0.4) is 0 Å². The average Bonchev–Trinajstić information content (AvgIpc) is 2.41. The summed E-state index contributed by atoms with van der Waals surface area (Å²) in [5.74, 6) is -0.797. The van der Waals surface area contributed by atoms with Crippen LogP contribution in [0.25, 0.3) is 0 Å². The minimum atomic E-state index is -4.58. The number of aromatic nitrogens is 1. The minimum absolute atomic E-state index is 0.237. The minimum Gasteiger partial charge on any atom is -0.399 e. The molecular formula is C12H14F3N3O2. The molecule has 0 saturated carbocycles. The molecule has 0 aliphatic heterocycles. The Morgan fingerprint density at radius 2 is 2.30 bits per heavy atom. The molecule has 0 spiro atoms. The van der Waals surface area contributed by atoms with Crippen LogP contribution in [-0.2, 0) is 11.0 Å². The number of oxime groups is 1. The van der Waals surface area contributed by atoms with Crippen molar-refractivity contribution in [2.45, 2.75) is 19.0 Å². The van der Waals surface area contributed by atoms with Crippen LogP contribution < -0.4 is 5.32 Å². The van der Waals surface area contributed by atoms with Crippen LogP contribution in [0.15, 0.2) is 23.6 Å². The zero-order chi connectivity index (χ0) is 15.0. The molecule has 5 nitrogen and oxygen atoms in total. The molecule has 0 fully saturated rings. The smallest absolute Gasteiger partial charge is 0.399 e. The zero-order valence-corrected chi connectivity index (χ0v) is 10.8. The summed E-state index contributed by atoms with van der Waals surface area (Å²) in [7, 11) is 1.40. The lowest BCUT2D eigenvalue weighted by molar-refractivity contribution is -0.138. The fraction of sp³-hybridized carbons (Fsp3) is 0.417. The second-order valence-corrected chi connectivity index (χ2v) is 3.79. The molecule has 0 radical (unpaired) electrons. The first-order chi connectivity index (χ1) is 9.46. The summed E-state index contributed by atoms with van der Waals surface area (Å²) in [6.07, 6.45) is -0.0725. The van der Waals surface area contributed by atoms with E-state index in [1.54, 1.807) is 0 Å². The number of hydrogen-bond acceptors (Lipinski definition) is 4. The highest BCUT2D eigenvalue weighted by Gasteiger charge is 2.35. The van der Waals surface area contributed by atoms with E-state index in [4.69, 9.17) is 0 Å². The van der Waals surface area contributed by atoms with Gasteiger partial charge in [-0.1, -0.05) is 5.16 Å². The van der Waals surface area contributed by atoms with Gasteiger partial charge in [-0.15, -0.1) is 0 Å². The third-order valence-corrected chi connectivity index (χ3v) is 2.35. The molecule has 1 rings (SSSR count). The molecule has 8 heteroatoms. The first-order valence-electron chi connectivity index (χ1n) is 5.81. The van der Waals surface area contributed by atoms with Crippen LogP contribution in [-0.4, -0.2) is 30.8 Å². The maximum atomic E-state index is 12.7. The van der Waals surface area contributed by atoms with E-state index < -0.39 is 23.2 Å². The SMILES string of the molecule is CON=CCCCNC(=O)c1cnccc1C(F)(F)F. The monoisotopic (exact) mass is 289 g/mol. The Bertz CT molecular complexity index is 475. The number of nitrogens with zero attached hydrogens (tertiary/aromatic N) is 2. The summed E-state index contributed by atoms with van der Waals surface area (Å²) in [6, 6.07) is 0.778. The molecule has 1 N–H and O–H groups in total. The second-order valence-electron chi connectivity index (χ2n) is 3.79. The van der Waals surface area contributed by atoms with Gasteiger partial charge in [0.15, 0.2) is 0 Å². The van der Waals surface area contributed by atoms with Crippen LogP contribution in [0, 0.1) is 0 Å². The van der Waals surface area contributed by atoms with Crippen molar-refractivity contribution in [1.29, 1.82) is 0 Å². The molecule has 110 valence electrons. The average molecular weight is 289 g/mol. The number of rotatable bonds is 6. The van der Waals surface area contributed by atoms with Gasteiger partial charge in [0.25, 0.3) is 5.91 Å². The number of carbonyl (C=O) groups is 1. The van der Waals surface area contributed by atoms with E-state index in [0.29, 0.717) is 12.8 Å². The van der Waals surface area contributed by atoms with Crippen molar-refractivity contribution in [3.8, 4) is 0 Å². The summed E-state index contributed by atoms with van der Waals surface area (Å²) in [6.45, 7) is 0.237. The fourth-order valence-electron chi connectivity index (χ4n) is 1.44. The number of halogens is 3. The van der Waals surface area contributed by atoms with E-state index in [-0.39, 0.29) is 6.54 Å². The van der Waals surface area contributed by atoms with Gasteiger partial charge in [-0.3, -0.25) is 9.78 Å². The Morgan fingerprint density at radius 1 is 1.55 bits per heavy atom. The van der Waals surface area contributed by atoms with Crippen LogP contribution in [0.2, 0.25) is 0 Å². The topological polar surface area (TPSA) is 63.6 Å². The first kappa shape index (κ1) is 15.9. The molecule has 0 aliphatic rings. The van der Waals surface area contributed by atoms with Gasteiger partial charge in [0.1, 0.15) is 7.11 Å². The molecule has 1 heterocycles. The molecule has 0 saturated heterocycles. The molecular weight excluding hydrogens is 275 g/mol. The maximum absolute atomic E-state index is 12.7. The van der Waals surface area contributed by atoms with E-state index in [0.717, 1.165) is 18.5 Å². The number of hydrogen-bond donors (Lipinski definition) is 1. The highest BCUT2D eigenvalue weighted by molar-refractivity contribution is 5.95. The Hall–Kier alpha value is -2.12. The summed E-state index contributed by atoms with van der Waals surface area (Å²) in [5, 5.41) is 5.90. The van der Waals surface area contributed by atoms with Crippen molar-refractivity contribution in [3.63, 3.8) is 0 Å². The lowest BCUT2D eigenvalue weighted by atomic mass is 10.1. The number of nitrogens with one attached hydrogen (secondary N) is 1. The van der Waals surface area contributed by atoms with Gasteiger partial charge >= 0.3 is 6.18 Å². The molecule has 0 aliphatic carbocycles.